The molecule has 16 heavy (non-hydrogen) atoms. The Morgan fingerprint density at radius 3 is 1.88 bits per heavy atom. The quantitative estimate of drug-likeness (QED) is 0.446. The van der Waals surface area contributed by atoms with Gasteiger partial charge in [0.1, 0.15) is 0 Å². The fourth-order valence-electron chi connectivity index (χ4n) is 2.21. The van der Waals surface area contributed by atoms with Crippen molar-refractivity contribution < 1.29 is 10.1 Å². The normalized spacial score (nSPS) is 13.8. The van der Waals surface area contributed by atoms with Gasteiger partial charge in [-0.05, 0) is 36.4 Å². The molecule has 0 fully saturated rings. The smallest absolute Gasteiger partial charge is 0.196 e. The van der Waals surface area contributed by atoms with Crippen LogP contribution in [-0.2, 0) is 4.89 Å². The van der Waals surface area contributed by atoms with E-state index in [1.165, 1.54) is 0 Å². The summed E-state index contributed by atoms with van der Waals surface area (Å²) in [5, 5.41) is 9.07. The molecule has 1 aliphatic rings. The van der Waals surface area contributed by atoms with E-state index in [2.05, 4.69) is 11.3 Å². The van der Waals surface area contributed by atoms with E-state index in [0.29, 0.717) is 0 Å². The van der Waals surface area contributed by atoms with Crippen molar-refractivity contribution in [2.24, 2.45) is 0 Å². The van der Waals surface area contributed by atoms with Gasteiger partial charge in [0.25, 0.3) is 0 Å². The van der Waals surface area contributed by atoms with Crippen LogP contribution in [0.1, 0.15) is 28.4 Å². The number of hydrogen-bond acceptors (Lipinski definition) is 2. The molecule has 0 unspecified atom stereocenters. The summed E-state index contributed by atoms with van der Waals surface area (Å²) < 4.78 is 0. The van der Waals surface area contributed by atoms with Crippen LogP contribution in [0.5, 0.6) is 0 Å². The lowest BCUT2D eigenvalue weighted by molar-refractivity contribution is -0.271. The maximum Gasteiger partial charge on any atom is 0.196 e. The van der Waals surface area contributed by atoms with Crippen molar-refractivity contribution in [2.75, 3.05) is 0 Å². The van der Waals surface area contributed by atoms with E-state index in [9.17, 15) is 0 Å². The molecule has 0 aromatic heterocycles. The Morgan fingerprint density at radius 1 is 0.875 bits per heavy atom. The molecule has 0 radical (unpaired) electrons. The molecule has 78 valence electrons. The van der Waals surface area contributed by atoms with Crippen LogP contribution in [-0.4, -0.2) is 5.26 Å². The van der Waals surface area contributed by atoms with E-state index in [4.69, 9.17) is 5.26 Å². The minimum atomic E-state index is -0.377. The van der Waals surface area contributed by atoms with E-state index < -0.39 is 0 Å². The molecule has 1 aliphatic carbocycles. The van der Waals surface area contributed by atoms with Gasteiger partial charge >= 0.3 is 0 Å². The van der Waals surface area contributed by atoms with E-state index in [1.807, 2.05) is 48.5 Å². The first-order chi connectivity index (χ1) is 7.90. The third-order valence-electron chi connectivity index (χ3n) is 2.97. The summed E-state index contributed by atoms with van der Waals surface area (Å²) >= 11 is 0. The van der Waals surface area contributed by atoms with Crippen LogP contribution >= 0.6 is 0 Å². The van der Waals surface area contributed by atoms with Gasteiger partial charge in [0.05, 0.1) is 22.3 Å². The predicted molar refractivity (Wildman–Crippen MR) is 60.9 cm³/mol. The van der Waals surface area contributed by atoms with Crippen LogP contribution < -0.4 is 0 Å². The monoisotopic (exact) mass is 211 g/mol. The van der Waals surface area contributed by atoms with Gasteiger partial charge in [0.2, 0.25) is 0 Å². The molecule has 1 N–H and O–H groups in total. The largest absolute Gasteiger partial charge is 0.249 e. The summed E-state index contributed by atoms with van der Waals surface area (Å²) in [6, 6.07) is 15.9. The third-order valence-corrected chi connectivity index (χ3v) is 2.97. The summed E-state index contributed by atoms with van der Waals surface area (Å²) in [7, 11) is 0. The average Bonchev–Trinajstić information content (AvgIpc) is 2.36. The van der Waals surface area contributed by atoms with Crippen molar-refractivity contribution in [3.63, 3.8) is 0 Å². The molecule has 0 aliphatic heterocycles. The number of fused-ring (bicyclic) bond motifs is 2. The molecule has 0 atom stereocenters. The van der Waals surface area contributed by atoms with Gasteiger partial charge in [-0.15, -0.1) is 0 Å². The Morgan fingerprint density at radius 2 is 1.38 bits per heavy atom. The van der Waals surface area contributed by atoms with Crippen LogP contribution in [0.2, 0.25) is 0 Å². The molecular formula is C14H11O2+. The molecule has 0 amide bonds. The lowest BCUT2D eigenvalue weighted by atomic mass is 9.84. The van der Waals surface area contributed by atoms with Crippen molar-refractivity contribution in [2.45, 2.75) is 6.10 Å². The van der Waals surface area contributed by atoms with Crippen molar-refractivity contribution >= 4 is 0 Å². The molecule has 2 aromatic rings. The van der Waals surface area contributed by atoms with Crippen LogP contribution in [0.4, 0.5) is 0 Å². The van der Waals surface area contributed by atoms with Gasteiger partial charge in [0.15, 0.2) is 6.10 Å². The van der Waals surface area contributed by atoms with E-state index in [0.717, 1.165) is 22.3 Å². The maximum absolute atomic E-state index is 9.07. The van der Waals surface area contributed by atoms with E-state index in [-0.39, 0.29) is 6.10 Å². The highest BCUT2D eigenvalue weighted by Gasteiger charge is 2.32. The van der Waals surface area contributed by atoms with Gasteiger partial charge < -0.3 is 0 Å². The van der Waals surface area contributed by atoms with Gasteiger partial charge in [-0.3, -0.25) is 0 Å². The Balaban J connectivity index is 2.19. The fourth-order valence-corrected chi connectivity index (χ4v) is 2.21. The fraction of sp³-hybridized carbons (Fsp3) is 0.0714. The highest BCUT2D eigenvalue weighted by atomic mass is 17.1. The van der Waals surface area contributed by atoms with Crippen molar-refractivity contribution in [3.05, 3.63) is 77.2 Å². The van der Waals surface area contributed by atoms with Crippen LogP contribution in [0.25, 0.3) is 0 Å². The van der Waals surface area contributed by atoms with Crippen molar-refractivity contribution in [1.82, 2.24) is 0 Å². The number of benzene rings is 2. The van der Waals surface area contributed by atoms with E-state index >= 15 is 0 Å². The topological polar surface area (TPSA) is 29.5 Å². The molecular weight excluding hydrogens is 200 g/mol. The molecule has 3 rings (SSSR count). The zero-order chi connectivity index (χ0) is 11.0. The number of hydrogen-bond donors (Lipinski definition) is 1. The van der Waals surface area contributed by atoms with Gasteiger partial charge in [-0.25, -0.2) is 10.1 Å². The summed E-state index contributed by atoms with van der Waals surface area (Å²) in [5.41, 5.74) is 4.20. The first-order valence-corrected chi connectivity index (χ1v) is 5.23. The lowest BCUT2D eigenvalue weighted by Crippen LogP contribution is -2.13. The maximum atomic E-state index is 9.07. The van der Waals surface area contributed by atoms with Crippen molar-refractivity contribution in [1.29, 1.82) is 0 Å². The van der Waals surface area contributed by atoms with Crippen LogP contribution in [0.3, 0.4) is 0 Å². The second-order valence-corrected chi connectivity index (χ2v) is 3.89. The molecule has 2 heteroatoms. The lowest BCUT2D eigenvalue weighted by Gasteiger charge is -2.19. The molecule has 0 saturated heterocycles. The molecule has 0 heterocycles. The predicted octanol–water partition coefficient (Wildman–Crippen LogP) is 3.18. The second-order valence-electron chi connectivity index (χ2n) is 3.89. The third kappa shape index (κ3) is 1.32. The molecule has 0 bridgehead atoms. The average molecular weight is 211 g/mol. The van der Waals surface area contributed by atoms with E-state index in [1.54, 1.807) is 0 Å². The SMILES string of the molecule is OOC1c2ccccc2[CH+]c2ccccc21. The highest BCUT2D eigenvalue weighted by molar-refractivity contribution is 5.54. The number of rotatable bonds is 1. The zero-order valence-electron chi connectivity index (χ0n) is 8.63. The summed E-state index contributed by atoms with van der Waals surface area (Å²) in [4.78, 5) is 4.62. The first-order valence-electron chi connectivity index (χ1n) is 5.23. The van der Waals surface area contributed by atoms with Crippen LogP contribution in [0.15, 0.2) is 48.5 Å². The summed E-state index contributed by atoms with van der Waals surface area (Å²) in [6.07, 6.45) is 1.73. The van der Waals surface area contributed by atoms with Crippen molar-refractivity contribution in [3.8, 4) is 0 Å². The Bertz CT molecular complexity index is 474. The summed E-state index contributed by atoms with van der Waals surface area (Å²) in [6.45, 7) is 0. The minimum absolute atomic E-state index is 0.377. The molecule has 0 saturated carbocycles. The Labute approximate surface area is 94.0 Å². The summed E-state index contributed by atoms with van der Waals surface area (Å²) in [5.74, 6) is 0. The standard InChI is InChI=1S/C14H10O2/c15-16-14-12-7-3-1-5-10(12)9-11-6-2-4-8-13(11)14/h1-9,14H/p+1. The molecule has 2 nitrogen and oxygen atoms in total. The Hall–Kier alpha value is -1.77. The van der Waals surface area contributed by atoms with Gasteiger partial charge in [-0.2, -0.15) is 0 Å². The molecule has 0 spiro atoms. The second kappa shape index (κ2) is 3.67. The van der Waals surface area contributed by atoms with Crippen LogP contribution in [0, 0.1) is 6.42 Å². The Kier molecular flexibility index (Phi) is 2.17. The first kappa shape index (κ1) is 9.46. The highest BCUT2D eigenvalue weighted by Crippen LogP contribution is 2.37. The zero-order valence-corrected chi connectivity index (χ0v) is 8.63. The minimum Gasteiger partial charge on any atom is -0.249 e. The van der Waals surface area contributed by atoms with Gasteiger partial charge in [0, 0.05) is 18.6 Å². The van der Waals surface area contributed by atoms with Gasteiger partial charge in [-0.1, -0.05) is 0 Å². The molecule has 2 aromatic carbocycles.